The molecule has 1 aliphatic rings. The second kappa shape index (κ2) is 9.10. The third-order valence-electron chi connectivity index (χ3n) is 6.37. The number of carbonyl (C=O) groups excluding carboxylic acids is 1. The minimum atomic E-state index is -0.444. The van der Waals surface area contributed by atoms with Crippen molar-refractivity contribution in [3.8, 4) is 17.1 Å². The summed E-state index contributed by atoms with van der Waals surface area (Å²) in [4.78, 5) is 19.7. The summed E-state index contributed by atoms with van der Waals surface area (Å²) in [6.45, 7) is 6.03. The lowest BCUT2D eigenvalue weighted by atomic mass is 9.92. The molecule has 7 heteroatoms. The highest BCUT2D eigenvalue weighted by Gasteiger charge is 2.36. The Bertz CT molecular complexity index is 1410. The Morgan fingerprint density at radius 3 is 2.37 bits per heavy atom. The van der Waals surface area contributed by atoms with Crippen molar-refractivity contribution in [3.63, 3.8) is 0 Å². The fourth-order valence-corrected chi connectivity index (χ4v) is 4.29. The number of allylic oxidation sites excluding steroid dienone is 1. The van der Waals surface area contributed by atoms with E-state index < -0.39 is 6.04 Å². The molecule has 1 atom stereocenters. The van der Waals surface area contributed by atoms with Gasteiger partial charge in [-0.15, -0.1) is 0 Å². The summed E-state index contributed by atoms with van der Waals surface area (Å²) >= 11 is 0. The Balaban J connectivity index is 1.65. The van der Waals surface area contributed by atoms with E-state index in [9.17, 15) is 4.79 Å². The van der Waals surface area contributed by atoms with Crippen molar-refractivity contribution in [2.24, 2.45) is 0 Å². The predicted octanol–water partition coefficient (Wildman–Crippen LogP) is 6.06. The van der Waals surface area contributed by atoms with Crippen LogP contribution >= 0.6 is 0 Å². The van der Waals surface area contributed by atoms with Crippen molar-refractivity contribution in [2.75, 3.05) is 12.0 Å². The molecule has 5 rings (SSSR count). The van der Waals surface area contributed by atoms with Crippen LogP contribution in [0, 0.1) is 13.8 Å². The Kier molecular flexibility index (Phi) is 5.82. The SMILES string of the molecule is COc1ccc(N2C(=O)NC(c3ccc(C)c(C)c3)C(c3nc(-c4ccccc4)no3)=C2C)cc1. The first kappa shape index (κ1) is 22.4. The van der Waals surface area contributed by atoms with Gasteiger partial charge in [-0.25, -0.2) is 4.79 Å². The van der Waals surface area contributed by atoms with Crippen molar-refractivity contribution in [1.29, 1.82) is 0 Å². The molecule has 1 unspecified atom stereocenters. The van der Waals surface area contributed by atoms with Crippen LogP contribution in [0.4, 0.5) is 10.5 Å². The number of amides is 2. The van der Waals surface area contributed by atoms with Crippen LogP contribution in [0.5, 0.6) is 5.75 Å². The number of aromatic nitrogens is 2. The van der Waals surface area contributed by atoms with Crippen molar-refractivity contribution >= 4 is 17.3 Å². The molecule has 0 fully saturated rings. The fourth-order valence-electron chi connectivity index (χ4n) is 4.29. The van der Waals surface area contributed by atoms with E-state index in [4.69, 9.17) is 14.2 Å². The molecule has 1 aromatic heterocycles. The number of methoxy groups -OCH3 is 1. The smallest absolute Gasteiger partial charge is 0.326 e. The van der Waals surface area contributed by atoms with Crippen LogP contribution in [0.2, 0.25) is 0 Å². The Hall–Kier alpha value is -4.39. The molecular formula is C28H26N4O3. The number of ether oxygens (including phenoxy) is 1. The zero-order chi connectivity index (χ0) is 24.5. The minimum absolute atomic E-state index is 0.234. The van der Waals surface area contributed by atoms with Gasteiger partial charge in [0.1, 0.15) is 5.75 Å². The molecule has 7 nitrogen and oxygen atoms in total. The molecule has 4 aromatic rings. The first-order chi connectivity index (χ1) is 17.0. The van der Waals surface area contributed by atoms with E-state index in [1.165, 1.54) is 5.56 Å². The molecule has 35 heavy (non-hydrogen) atoms. The van der Waals surface area contributed by atoms with E-state index >= 15 is 0 Å². The molecule has 0 saturated carbocycles. The van der Waals surface area contributed by atoms with Crippen molar-refractivity contribution < 1.29 is 14.1 Å². The molecule has 0 spiro atoms. The quantitative estimate of drug-likeness (QED) is 0.386. The van der Waals surface area contributed by atoms with Gasteiger partial charge < -0.3 is 14.6 Å². The molecule has 2 amide bonds. The average Bonchev–Trinajstić information content (AvgIpc) is 3.36. The Labute approximate surface area is 204 Å². The maximum absolute atomic E-state index is 13.4. The van der Waals surface area contributed by atoms with Crippen molar-refractivity contribution in [3.05, 3.63) is 101 Å². The number of hydrogen-bond donors (Lipinski definition) is 1. The number of urea groups is 1. The number of carbonyl (C=O) groups is 1. The lowest BCUT2D eigenvalue weighted by molar-refractivity contribution is 0.244. The van der Waals surface area contributed by atoms with E-state index in [1.807, 2.05) is 67.6 Å². The number of nitrogens with one attached hydrogen (secondary N) is 1. The van der Waals surface area contributed by atoms with Gasteiger partial charge >= 0.3 is 6.03 Å². The normalized spacial score (nSPS) is 15.8. The highest BCUT2D eigenvalue weighted by Crippen LogP contribution is 2.39. The molecule has 3 aromatic carbocycles. The van der Waals surface area contributed by atoms with Crippen LogP contribution in [-0.2, 0) is 0 Å². The van der Waals surface area contributed by atoms with Crippen LogP contribution in [0.25, 0.3) is 17.0 Å². The van der Waals surface area contributed by atoms with Crippen LogP contribution in [-0.4, -0.2) is 23.3 Å². The molecule has 0 aliphatic carbocycles. The first-order valence-corrected chi connectivity index (χ1v) is 11.4. The van der Waals surface area contributed by atoms with E-state index in [2.05, 4.69) is 36.5 Å². The Morgan fingerprint density at radius 1 is 0.943 bits per heavy atom. The van der Waals surface area contributed by atoms with E-state index in [0.29, 0.717) is 28.8 Å². The van der Waals surface area contributed by atoms with Gasteiger partial charge in [-0.3, -0.25) is 4.90 Å². The highest BCUT2D eigenvalue weighted by molar-refractivity contribution is 6.01. The molecular weight excluding hydrogens is 440 g/mol. The zero-order valence-corrected chi connectivity index (χ0v) is 20.1. The van der Waals surface area contributed by atoms with Gasteiger partial charge in [0, 0.05) is 11.3 Å². The number of aryl methyl sites for hydroxylation is 2. The van der Waals surface area contributed by atoms with Gasteiger partial charge in [0.25, 0.3) is 5.89 Å². The molecule has 1 aliphatic heterocycles. The molecule has 0 radical (unpaired) electrons. The second-order valence-electron chi connectivity index (χ2n) is 8.55. The van der Waals surface area contributed by atoms with Gasteiger partial charge in [-0.2, -0.15) is 4.98 Å². The summed E-state index contributed by atoms with van der Waals surface area (Å²) in [7, 11) is 1.61. The number of hydrogen-bond acceptors (Lipinski definition) is 5. The molecule has 176 valence electrons. The monoisotopic (exact) mass is 466 g/mol. The summed E-state index contributed by atoms with van der Waals surface area (Å²) in [5.41, 5.74) is 6.30. The highest BCUT2D eigenvalue weighted by atomic mass is 16.5. The van der Waals surface area contributed by atoms with Gasteiger partial charge in [-0.1, -0.05) is 53.7 Å². The molecule has 1 N–H and O–H groups in total. The summed E-state index contributed by atoms with van der Waals surface area (Å²) in [5.74, 6) is 1.57. The summed E-state index contributed by atoms with van der Waals surface area (Å²) in [6, 6.07) is 22.5. The van der Waals surface area contributed by atoms with Crippen molar-refractivity contribution in [2.45, 2.75) is 26.8 Å². The van der Waals surface area contributed by atoms with Gasteiger partial charge in [0.15, 0.2) is 0 Å². The largest absolute Gasteiger partial charge is 0.497 e. The first-order valence-electron chi connectivity index (χ1n) is 11.4. The molecule has 0 bridgehead atoms. The second-order valence-corrected chi connectivity index (χ2v) is 8.55. The van der Waals surface area contributed by atoms with Crippen LogP contribution in [0.1, 0.15) is 35.5 Å². The van der Waals surface area contributed by atoms with Crippen LogP contribution < -0.4 is 15.0 Å². The Morgan fingerprint density at radius 2 is 1.69 bits per heavy atom. The van der Waals surface area contributed by atoms with Gasteiger partial charge in [0.05, 0.1) is 24.4 Å². The van der Waals surface area contributed by atoms with E-state index in [-0.39, 0.29) is 6.03 Å². The molecule has 2 heterocycles. The third-order valence-corrected chi connectivity index (χ3v) is 6.37. The average molecular weight is 467 g/mol. The standard InChI is InChI=1S/C28H26N4O3/c1-17-10-11-21(16-18(17)2)25-24(27-30-26(31-35-27)20-8-6-5-7-9-20)19(3)32(28(33)29-25)22-12-14-23(34-4)15-13-22/h5-16,25H,1-4H3,(H,29,33). The van der Waals surface area contributed by atoms with Crippen LogP contribution in [0.15, 0.2) is 83.0 Å². The number of nitrogens with zero attached hydrogens (tertiary/aromatic N) is 3. The van der Waals surface area contributed by atoms with Crippen LogP contribution in [0.3, 0.4) is 0 Å². The topological polar surface area (TPSA) is 80.5 Å². The lowest BCUT2D eigenvalue weighted by Crippen LogP contribution is -2.46. The lowest BCUT2D eigenvalue weighted by Gasteiger charge is -2.35. The predicted molar refractivity (Wildman–Crippen MR) is 135 cm³/mol. The summed E-state index contributed by atoms with van der Waals surface area (Å²) in [5, 5.41) is 7.38. The summed E-state index contributed by atoms with van der Waals surface area (Å²) < 4.78 is 11.1. The third kappa shape index (κ3) is 4.17. The minimum Gasteiger partial charge on any atom is -0.497 e. The maximum atomic E-state index is 13.4. The zero-order valence-electron chi connectivity index (χ0n) is 20.1. The van der Waals surface area contributed by atoms with E-state index in [1.54, 1.807) is 12.0 Å². The van der Waals surface area contributed by atoms with Gasteiger partial charge in [0.2, 0.25) is 5.82 Å². The number of anilines is 1. The molecule has 0 saturated heterocycles. The fraction of sp³-hybridized carbons (Fsp3) is 0.179. The number of rotatable bonds is 5. The van der Waals surface area contributed by atoms with Crippen molar-refractivity contribution in [1.82, 2.24) is 15.5 Å². The van der Waals surface area contributed by atoms with Gasteiger partial charge in [-0.05, 0) is 61.7 Å². The number of benzene rings is 3. The van der Waals surface area contributed by atoms with E-state index in [0.717, 1.165) is 22.3 Å². The summed E-state index contributed by atoms with van der Waals surface area (Å²) in [6.07, 6.45) is 0. The maximum Gasteiger partial charge on any atom is 0.326 e.